The fraction of sp³-hybridized carbons (Fsp3) is 0.158. The van der Waals surface area contributed by atoms with Gasteiger partial charge in [-0.05, 0) is 50.2 Å². The van der Waals surface area contributed by atoms with Gasteiger partial charge in [0.2, 0.25) is 0 Å². The molecule has 1 heterocycles. The first-order chi connectivity index (χ1) is 11.5. The van der Waals surface area contributed by atoms with E-state index in [1.54, 1.807) is 4.68 Å². The summed E-state index contributed by atoms with van der Waals surface area (Å²) < 4.78 is 7.45. The van der Waals surface area contributed by atoms with Gasteiger partial charge in [-0.15, -0.1) is 0 Å². The molecule has 0 saturated heterocycles. The standard InChI is InChI=1S/C19H19N3O2/c1-13-18(14(2)22(3)21-13)19(23)20-15-9-11-17(12-10-15)24-16-7-5-4-6-8-16/h4-12H,1-3H3,(H,20,23). The van der Waals surface area contributed by atoms with Crippen LogP contribution in [0.25, 0.3) is 0 Å². The molecule has 0 aliphatic rings. The van der Waals surface area contributed by atoms with Gasteiger partial charge < -0.3 is 10.1 Å². The maximum atomic E-state index is 12.4. The van der Waals surface area contributed by atoms with E-state index in [0.29, 0.717) is 17.0 Å². The summed E-state index contributed by atoms with van der Waals surface area (Å²) in [5, 5.41) is 7.17. The lowest BCUT2D eigenvalue weighted by molar-refractivity contribution is 0.102. The summed E-state index contributed by atoms with van der Waals surface area (Å²) in [6.07, 6.45) is 0. The lowest BCUT2D eigenvalue weighted by Crippen LogP contribution is -2.14. The Morgan fingerprint density at radius 2 is 1.62 bits per heavy atom. The highest BCUT2D eigenvalue weighted by molar-refractivity contribution is 6.05. The van der Waals surface area contributed by atoms with Gasteiger partial charge in [-0.25, -0.2) is 0 Å². The number of hydrogen-bond acceptors (Lipinski definition) is 3. The van der Waals surface area contributed by atoms with Crippen LogP contribution in [0.4, 0.5) is 5.69 Å². The van der Waals surface area contributed by atoms with Gasteiger partial charge in [-0.2, -0.15) is 5.10 Å². The van der Waals surface area contributed by atoms with Gasteiger partial charge in [-0.1, -0.05) is 18.2 Å². The molecular weight excluding hydrogens is 302 g/mol. The molecule has 122 valence electrons. The van der Waals surface area contributed by atoms with Crippen molar-refractivity contribution in [2.24, 2.45) is 7.05 Å². The van der Waals surface area contributed by atoms with Gasteiger partial charge in [0.15, 0.2) is 0 Å². The van der Waals surface area contributed by atoms with E-state index in [4.69, 9.17) is 4.74 Å². The summed E-state index contributed by atoms with van der Waals surface area (Å²) in [5.74, 6) is 1.33. The van der Waals surface area contributed by atoms with E-state index < -0.39 is 0 Å². The van der Waals surface area contributed by atoms with Crippen LogP contribution >= 0.6 is 0 Å². The fourth-order valence-electron chi connectivity index (χ4n) is 2.53. The van der Waals surface area contributed by atoms with Crippen molar-refractivity contribution in [1.29, 1.82) is 0 Å². The maximum Gasteiger partial charge on any atom is 0.259 e. The van der Waals surface area contributed by atoms with E-state index in [1.807, 2.05) is 75.5 Å². The van der Waals surface area contributed by atoms with Crippen LogP contribution in [0.1, 0.15) is 21.7 Å². The van der Waals surface area contributed by atoms with Crippen LogP contribution < -0.4 is 10.1 Å². The topological polar surface area (TPSA) is 56.2 Å². The number of benzene rings is 2. The Balaban J connectivity index is 1.71. The summed E-state index contributed by atoms with van der Waals surface area (Å²) in [7, 11) is 1.83. The molecule has 3 rings (SSSR count). The average Bonchev–Trinajstić information content (AvgIpc) is 2.83. The third-order valence-corrected chi connectivity index (χ3v) is 3.83. The van der Waals surface area contributed by atoms with Crippen molar-refractivity contribution >= 4 is 11.6 Å². The molecule has 24 heavy (non-hydrogen) atoms. The highest BCUT2D eigenvalue weighted by Crippen LogP contribution is 2.23. The molecule has 0 aliphatic carbocycles. The van der Waals surface area contributed by atoms with E-state index >= 15 is 0 Å². The number of hydrogen-bond donors (Lipinski definition) is 1. The third kappa shape index (κ3) is 3.30. The van der Waals surface area contributed by atoms with Crippen LogP contribution in [-0.4, -0.2) is 15.7 Å². The zero-order valence-electron chi connectivity index (χ0n) is 13.9. The molecule has 0 atom stereocenters. The quantitative estimate of drug-likeness (QED) is 0.787. The molecule has 5 nitrogen and oxygen atoms in total. The molecule has 0 aliphatic heterocycles. The number of anilines is 1. The van der Waals surface area contributed by atoms with E-state index in [-0.39, 0.29) is 5.91 Å². The number of aryl methyl sites for hydroxylation is 2. The molecule has 0 unspecified atom stereocenters. The Kier molecular flexibility index (Phi) is 4.33. The number of nitrogens with one attached hydrogen (secondary N) is 1. The Labute approximate surface area is 140 Å². The predicted octanol–water partition coefficient (Wildman–Crippen LogP) is 4.08. The minimum Gasteiger partial charge on any atom is -0.457 e. The van der Waals surface area contributed by atoms with Gasteiger partial charge in [-0.3, -0.25) is 9.48 Å². The SMILES string of the molecule is Cc1nn(C)c(C)c1C(=O)Nc1ccc(Oc2ccccc2)cc1. The van der Waals surface area contributed by atoms with Gasteiger partial charge in [0.05, 0.1) is 11.3 Å². The molecule has 2 aromatic carbocycles. The van der Waals surface area contributed by atoms with Crippen LogP contribution in [-0.2, 0) is 7.05 Å². The van der Waals surface area contributed by atoms with Crippen molar-refractivity contribution in [3.8, 4) is 11.5 Å². The van der Waals surface area contributed by atoms with E-state index in [9.17, 15) is 4.79 Å². The Hall–Kier alpha value is -3.08. The summed E-state index contributed by atoms with van der Waals surface area (Å²) in [4.78, 5) is 12.4. The van der Waals surface area contributed by atoms with Crippen LogP contribution in [0, 0.1) is 13.8 Å². The van der Waals surface area contributed by atoms with Gasteiger partial charge >= 0.3 is 0 Å². The molecule has 0 radical (unpaired) electrons. The molecule has 1 amide bonds. The van der Waals surface area contributed by atoms with Gasteiger partial charge in [0.25, 0.3) is 5.91 Å². The summed E-state index contributed by atoms with van der Waals surface area (Å²) in [6.45, 7) is 3.71. The minimum absolute atomic E-state index is 0.158. The predicted molar refractivity (Wildman–Crippen MR) is 93.6 cm³/mol. The third-order valence-electron chi connectivity index (χ3n) is 3.83. The lowest BCUT2D eigenvalue weighted by Gasteiger charge is -2.08. The largest absolute Gasteiger partial charge is 0.457 e. The fourth-order valence-corrected chi connectivity index (χ4v) is 2.53. The molecule has 1 N–H and O–H groups in total. The first-order valence-corrected chi connectivity index (χ1v) is 7.69. The second kappa shape index (κ2) is 6.58. The molecule has 0 fully saturated rings. The average molecular weight is 321 g/mol. The molecule has 0 saturated carbocycles. The number of rotatable bonds is 4. The number of carbonyl (C=O) groups excluding carboxylic acids is 1. The van der Waals surface area contributed by atoms with Crippen LogP contribution in [0.15, 0.2) is 54.6 Å². The van der Waals surface area contributed by atoms with Crippen molar-refractivity contribution in [3.05, 3.63) is 71.5 Å². The van der Waals surface area contributed by atoms with Crippen LogP contribution in [0.5, 0.6) is 11.5 Å². The number of para-hydroxylation sites is 1. The summed E-state index contributed by atoms with van der Waals surface area (Å²) in [5.41, 5.74) is 2.88. The lowest BCUT2D eigenvalue weighted by atomic mass is 10.2. The number of ether oxygens (including phenoxy) is 1. The van der Waals surface area contributed by atoms with E-state index in [2.05, 4.69) is 10.4 Å². The zero-order chi connectivity index (χ0) is 17.1. The van der Waals surface area contributed by atoms with Crippen LogP contribution in [0.2, 0.25) is 0 Å². The summed E-state index contributed by atoms with van der Waals surface area (Å²) in [6, 6.07) is 16.8. The Morgan fingerprint density at radius 1 is 1.00 bits per heavy atom. The monoisotopic (exact) mass is 321 g/mol. The number of nitrogens with zero attached hydrogens (tertiary/aromatic N) is 2. The molecule has 5 heteroatoms. The second-order valence-electron chi connectivity index (χ2n) is 5.56. The number of aromatic nitrogens is 2. The van der Waals surface area contributed by atoms with E-state index in [0.717, 1.165) is 17.1 Å². The van der Waals surface area contributed by atoms with E-state index in [1.165, 1.54) is 0 Å². The molecular formula is C19H19N3O2. The van der Waals surface area contributed by atoms with Crippen molar-refractivity contribution in [2.45, 2.75) is 13.8 Å². The molecule has 0 bridgehead atoms. The first-order valence-electron chi connectivity index (χ1n) is 7.69. The van der Waals surface area contributed by atoms with Crippen molar-refractivity contribution in [2.75, 3.05) is 5.32 Å². The van der Waals surface area contributed by atoms with Gasteiger partial charge in [0, 0.05) is 18.4 Å². The Morgan fingerprint density at radius 3 is 2.21 bits per heavy atom. The first kappa shape index (κ1) is 15.8. The van der Waals surface area contributed by atoms with Crippen LogP contribution in [0.3, 0.4) is 0 Å². The second-order valence-corrected chi connectivity index (χ2v) is 5.56. The highest BCUT2D eigenvalue weighted by atomic mass is 16.5. The number of carbonyl (C=O) groups is 1. The van der Waals surface area contributed by atoms with Crippen molar-refractivity contribution in [3.63, 3.8) is 0 Å². The molecule has 1 aromatic heterocycles. The van der Waals surface area contributed by atoms with Gasteiger partial charge in [0.1, 0.15) is 11.5 Å². The normalized spacial score (nSPS) is 10.5. The highest BCUT2D eigenvalue weighted by Gasteiger charge is 2.17. The molecule has 0 spiro atoms. The molecule has 3 aromatic rings. The smallest absolute Gasteiger partial charge is 0.259 e. The van der Waals surface area contributed by atoms with Crippen molar-refractivity contribution < 1.29 is 9.53 Å². The minimum atomic E-state index is -0.158. The summed E-state index contributed by atoms with van der Waals surface area (Å²) >= 11 is 0. The maximum absolute atomic E-state index is 12.4. The zero-order valence-corrected chi connectivity index (χ0v) is 13.9. The number of amides is 1. The Bertz CT molecular complexity index is 852. The van der Waals surface area contributed by atoms with Crippen molar-refractivity contribution in [1.82, 2.24) is 9.78 Å².